The molecule has 0 radical (unpaired) electrons. The molecule has 1 fully saturated rings. The van der Waals surface area contributed by atoms with Gasteiger partial charge in [0.25, 0.3) is 0 Å². The largest absolute Gasteiger partial charge is 0.336 e. The molecule has 0 aliphatic carbocycles. The molecule has 11 heteroatoms. The predicted octanol–water partition coefficient (Wildman–Crippen LogP) is 4.21. The predicted molar refractivity (Wildman–Crippen MR) is 145 cm³/mol. The average molecular weight is 570 g/mol. The van der Waals surface area contributed by atoms with Gasteiger partial charge >= 0.3 is 0 Å². The van der Waals surface area contributed by atoms with Crippen molar-refractivity contribution in [2.24, 2.45) is 5.92 Å². The van der Waals surface area contributed by atoms with Crippen LogP contribution in [0, 0.1) is 5.92 Å². The Morgan fingerprint density at radius 3 is 2.00 bits per heavy atom. The number of halogens is 1. The van der Waals surface area contributed by atoms with Crippen molar-refractivity contribution < 1.29 is 21.6 Å². The maximum absolute atomic E-state index is 13.4. The van der Waals surface area contributed by atoms with E-state index in [-0.39, 0.29) is 40.7 Å². The molecule has 0 N–H and O–H groups in total. The Morgan fingerprint density at radius 2 is 1.49 bits per heavy atom. The van der Waals surface area contributed by atoms with Crippen LogP contribution in [0.25, 0.3) is 0 Å². The minimum Gasteiger partial charge on any atom is -0.336 e. The molecule has 204 valence electrons. The molecule has 0 bridgehead atoms. The van der Waals surface area contributed by atoms with Gasteiger partial charge in [-0.1, -0.05) is 43.6 Å². The van der Waals surface area contributed by atoms with Gasteiger partial charge in [-0.05, 0) is 62.6 Å². The van der Waals surface area contributed by atoms with Crippen LogP contribution < -0.4 is 0 Å². The Kier molecular flexibility index (Phi) is 9.79. The highest BCUT2D eigenvalue weighted by atomic mass is 35.5. The lowest BCUT2D eigenvalue weighted by molar-refractivity contribution is -0.139. The van der Waals surface area contributed by atoms with E-state index in [2.05, 4.69) is 0 Å². The molecule has 0 unspecified atom stereocenters. The molecule has 0 saturated carbocycles. The van der Waals surface area contributed by atoms with Crippen LogP contribution in [-0.2, 0) is 31.4 Å². The second-order valence-corrected chi connectivity index (χ2v) is 13.7. The van der Waals surface area contributed by atoms with Gasteiger partial charge in [-0.2, -0.15) is 8.61 Å². The van der Waals surface area contributed by atoms with Crippen molar-refractivity contribution in [1.29, 1.82) is 0 Å². The third kappa shape index (κ3) is 6.54. The molecule has 2 aromatic carbocycles. The molecular formula is C26H36ClN3O5S2. The van der Waals surface area contributed by atoms with Crippen molar-refractivity contribution in [2.45, 2.75) is 62.9 Å². The Labute approximate surface area is 226 Å². The minimum atomic E-state index is -3.81. The molecule has 3 rings (SSSR count). The number of amides is 1. The molecule has 1 aliphatic heterocycles. The van der Waals surface area contributed by atoms with E-state index in [1.165, 1.54) is 32.9 Å². The number of hydrogen-bond acceptors (Lipinski definition) is 5. The maximum Gasteiger partial charge on any atom is 0.243 e. The Morgan fingerprint density at radius 1 is 0.946 bits per heavy atom. The SMILES string of the molecule is CCN(CC)S(=O)(=O)c1ccc(S(=O)(=O)N2CCC(C(=O)N(Cc3ccccc3Cl)C(C)C)CC2)cc1. The van der Waals surface area contributed by atoms with Gasteiger partial charge in [0.1, 0.15) is 0 Å². The van der Waals surface area contributed by atoms with Crippen LogP contribution in [0.2, 0.25) is 5.02 Å². The van der Waals surface area contributed by atoms with Crippen LogP contribution in [-0.4, -0.2) is 68.5 Å². The zero-order valence-electron chi connectivity index (χ0n) is 21.8. The number of piperidine rings is 1. The highest BCUT2D eigenvalue weighted by molar-refractivity contribution is 7.89. The normalized spacial score (nSPS) is 15.9. The average Bonchev–Trinajstić information content (AvgIpc) is 2.88. The summed E-state index contributed by atoms with van der Waals surface area (Å²) in [5.74, 6) is -0.282. The highest BCUT2D eigenvalue weighted by Crippen LogP contribution is 2.28. The summed E-state index contributed by atoms with van der Waals surface area (Å²) >= 11 is 6.31. The number of rotatable bonds is 10. The number of sulfonamides is 2. The smallest absolute Gasteiger partial charge is 0.243 e. The summed E-state index contributed by atoms with van der Waals surface area (Å²) in [6, 6.07) is 12.8. The fourth-order valence-corrected chi connectivity index (χ4v) is 7.67. The molecular weight excluding hydrogens is 534 g/mol. The third-order valence-electron chi connectivity index (χ3n) is 6.81. The van der Waals surface area contributed by atoms with Crippen LogP contribution >= 0.6 is 11.6 Å². The molecule has 37 heavy (non-hydrogen) atoms. The van der Waals surface area contributed by atoms with Crippen LogP contribution in [0.4, 0.5) is 0 Å². The quantitative estimate of drug-likeness (QED) is 0.427. The van der Waals surface area contributed by atoms with Gasteiger partial charge in [-0.15, -0.1) is 0 Å². The van der Waals surface area contributed by atoms with Crippen LogP contribution in [0.3, 0.4) is 0 Å². The summed E-state index contributed by atoms with van der Waals surface area (Å²) in [6.07, 6.45) is 0.830. The lowest BCUT2D eigenvalue weighted by Crippen LogP contribution is -2.46. The van der Waals surface area contributed by atoms with Crippen LogP contribution in [0.5, 0.6) is 0 Å². The summed E-state index contributed by atoms with van der Waals surface area (Å²) < 4.78 is 54.6. The number of carbonyl (C=O) groups excluding carboxylic acids is 1. The Balaban J connectivity index is 1.69. The van der Waals surface area contributed by atoms with Crippen molar-refractivity contribution in [3.8, 4) is 0 Å². The summed E-state index contributed by atoms with van der Waals surface area (Å²) in [6.45, 7) is 8.93. The van der Waals surface area contributed by atoms with Gasteiger partial charge in [0.2, 0.25) is 26.0 Å². The van der Waals surface area contributed by atoms with Crippen molar-refractivity contribution in [3.63, 3.8) is 0 Å². The first-order valence-corrected chi connectivity index (χ1v) is 15.8. The van der Waals surface area contributed by atoms with E-state index < -0.39 is 20.0 Å². The topological polar surface area (TPSA) is 95.1 Å². The zero-order valence-corrected chi connectivity index (χ0v) is 24.2. The second kappa shape index (κ2) is 12.3. The number of hydrogen-bond donors (Lipinski definition) is 0. The highest BCUT2D eigenvalue weighted by Gasteiger charge is 2.35. The van der Waals surface area contributed by atoms with Gasteiger partial charge in [0.05, 0.1) is 9.79 Å². The Hall–Kier alpha value is -1.98. The van der Waals surface area contributed by atoms with Crippen LogP contribution in [0.1, 0.15) is 46.1 Å². The number of carbonyl (C=O) groups is 1. The lowest BCUT2D eigenvalue weighted by atomic mass is 9.95. The van der Waals surface area contributed by atoms with Crippen LogP contribution in [0.15, 0.2) is 58.3 Å². The van der Waals surface area contributed by atoms with E-state index in [1.54, 1.807) is 24.8 Å². The van der Waals surface area contributed by atoms with Crippen molar-refractivity contribution >= 4 is 37.6 Å². The van der Waals surface area contributed by atoms with Crippen molar-refractivity contribution in [2.75, 3.05) is 26.2 Å². The summed E-state index contributed by atoms with van der Waals surface area (Å²) in [7, 11) is -7.48. The standard InChI is InChI=1S/C26H36ClN3O5S2/c1-5-28(6-2)36(32,33)23-11-13-24(14-12-23)37(34,35)29-17-15-21(16-18-29)26(31)30(20(3)4)19-22-9-7-8-10-25(22)27/h7-14,20-21H,5-6,15-19H2,1-4H3. The molecule has 0 spiro atoms. The van der Waals surface area contributed by atoms with Gasteiger partial charge in [-0.3, -0.25) is 4.79 Å². The molecule has 1 heterocycles. The molecule has 0 aromatic heterocycles. The number of nitrogens with zero attached hydrogens (tertiary/aromatic N) is 3. The number of benzene rings is 2. The lowest BCUT2D eigenvalue weighted by Gasteiger charge is -2.35. The van der Waals surface area contributed by atoms with E-state index >= 15 is 0 Å². The third-order valence-corrected chi connectivity index (χ3v) is 11.2. The van der Waals surface area contributed by atoms with Crippen molar-refractivity contribution in [1.82, 2.24) is 13.5 Å². The van der Waals surface area contributed by atoms with Gasteiger partial charge in [0.15, 0.2) is 0 Å². The van der Waals surface area contributed by atoms with E-state index in [4.69, 9.17) is 11.6 Å². The first kappa shape index (κ1) is 29.6. The molecule has 1 amide bonds. The van der Waals surface area contributed by atoms with Gasteiger partial charge < -0.3 is 4.90 Å². The molecule has 2 aromatic rings. The molecule has 1 saturated heterocycles. The van der Waals surface area contributed by atoms with E-state index in [0.29, 0.717) is 37.5 Å². The monoisotopic (exact) mass is 569 g/mol. The summed E-state index contributed by atoms with van der Waals surface area (Å²) in [5.41, 5.74) is 0.873. The fraction of sp³-hybridized carbons (Fsp3) is 0.500. The maximum atomic E-state index is 13.4. The first-order chi connectivity index (χ1) is 17.4. The van der Waals surface area contributed by atoms with Gasteiger partial charge in [-0.25, -0.2) is 16.8 Å². The van der Waals surface area contributed by atoms with Gasteiger partial charge in [0, 0.05) is 49.7 Å². The van der Waals surface area contributed by atoms with Crippen molar-refractivity contribution in [3.05, 3.63) is 59.1 Å². The fourth-order valence-electron chi connectivity index (χ4n) is 4.55. The minimum absolute atomic E-state index is 0.00192. The van der Waals surface area contributed by atoms with E-state index in [0.717, 1.165) is 5.56 Å². The molecule has 0 atom stereocenters. The molecule has 8 nitrogen and oxygen atoms in total. The first-order valence-electron chi connectivity index (χ1n) is 12.6. The summed E-state index contributed by atoms with van der Waals surface area (Å²) in [5, 5.41) is 0.609. The molecule has 1 aliphatic rings. The van der Waals surface area contributed by atoms with E-state index in [1.807, 2.05) is 32.0 Å². The Bertz CT molecular complexity index is 1290. The zero-order chi connectivity index (χ0) is 27.4. The van der Waals surface area contributed by atoms with E-state index in [9.17, 15) is 21.6 Å². The second-order valence-electron chi connectivity index (χ2n) is 9.39. The summed E-state index contributed by atoms with van der Waals surface area (Å²) in [4.78, 5) is 15.3.